The molecular weight excluding hydrogens is 403 g/mol. The topological polar surface area (TPSA) is 28.7 Å². The molecule has 7 aromatic rings. The van der Waals surface area contributed by atoms with E-state index in [0.717, 1.165) is 21.8 Å². The molecule has 0 aliphatic carbocycles. The van der Waals surface area contributed by atoms with E-state index in [0.29, 0.717) is 5.39 Å². The molecule has 0 saturated heterocycles. The summed E-state index contributed by atoms with van der Waals surface area (Å²) in [6.45, 7) is 0. The first-order valence-corrected chi connectivity index (χ1v) is 11.0. The second-order valence-corrected chi connectivity index (χ2v) is 8.98. The Kier molecular flexibility index (Phi) is 3.35. The molecule has 3 aromatic heterocycles. The van der Waals surface area contributed by atoms with E-state index in [-0.39, 0.29) is 5.82 Å². The minimum absolute atomic E-state index is 0.187. The maximum atomic E-state index is 14.6. The van der Waals surface area contributed by atoms with Crippen LogP contribution in [0.5, 0.6) is 0 Å². The molecule has 3 heterocycles. The van der Waals surface area contributed by atoms with Gasteiger partial charge in [-0.15, -0.1) is 11.3 Å². The SMILES string of the molecule is Fc1cccc2[nH]c3cc4sc5ccc(-c6cccc7cnccc67)cc5c4cc3c12. The van der Waals surface area contributed by atoms with Gasteiger partial charge < -0.3 is 4.98 Å². The van der Waals surface area contributed by atoms with Crippen molar-refractivity contribution in [2.45, 2.75) is 0 Å². The predicted molar refractivity (Wildman–Crippen MR) is 129 cm³/mol. The lowest BCUT2D eigenvalue weighted by molar-refractivity contribution is 0.640. The molecule has 4 aromatic carbocycles. The Balaban J connectivity index is 1.55. The Morgan fingerprint density at radius 3 is 2.61 bits per heavy atom. The lowest BCUT2D eigenvalue weighted by Gasteiger charge is -2.07. The number of nitrogens with one attached hydrogen (secondary N) is 1. The monoisotopic (exact) mass is 418 g/mol. The summed E-state index contributed by atoms with van der Waals surface area (Å²) in [6, 6.07) is 24.5. The lowest BCUT2D eigenvalue weighted by Crippen LogP contribution is -1.82. The molecule has 0 aliphatic heterocycles. The summed E-state index contributed by atoms with van der Waals surface area (Å²) >= 11 is 1.77. The first-order valence-electron chi connectivity index (χ1n) is 10.2. The fraction of sp³-hybridized carbons (Fsp3) is 0. The quantitative estimate of drug-likeness (QED) is 0.287. The standard InChI is InChI=1S/C27H15FN2S/c28-22-5-2-6-23-27(22)21-12-20-19-11-15(7-8-25(19)31-26(20)13-24(21)30-23)17-4-1-3-16-14-29-10-9-18(16)17/h1-14,30H. The van der Waals surface area contributed by atoms with Gasteiger partial charge in [-0.3, -0.25) is 4.98 Å². The van der Waals surface area contributed by atoms with Crippen molar-refractivity contribution in [1.29, 1.82) is 0 Å². The number of halogens is 1. The number of rotatable bonds is 1. The second kappa shape index (κ2) is 6.13. The zero-order chi connectivity index (χ0) is 20.5. The molecule has 0 amide bonds. The molecule has 0 aliphatic rings. The minimum atomic E-state index is -0.187. The van der Waals surface area contributed by atoms with Crippen molar-refractivity contribution in [3.63, 3.8) is 0 Å². The van der Waals surface area contributed by atoms with E-state index in [1.807, 2.05) is 18.5 Å². The van der Waals surface area contributed by atoms with Gasteiger partial charge >= 0.3 is 0 Å². The normalized spacial score (nSPS) is 12.0. The van der Waals surface area contributed by atoms with Crippen LogP contribution in [0.1, 0.15) is 0 Å². The van der Waals surface area contributed by atoms with E-state index in [9.17, 15) is 4.39 Å². The number of H-pyrrole nitrogens is 1. The van der Waals surface area contributed by atoms with Crippen molar-refractivity contribution in [1.82, 2.24) is 9.97 Å². The predicted octanol–water partition coefficient (Wildman–Crippen LogP) is 8.04. The van der Waals surface area contributed by atoms with Crippen molar-refractivity contribution < 1.29 is 4.39 Å². The summed E-state index contributed by atoms with van der Waals surface area (Å²) in [5.41, 5.74) is 4.18. The second-order valence-electron chi connectivity index (χ2n) is 7.90. The van der Waals surface area contributed by atoms with E-state index in [4.69, 9.17) is 0 Å². The molecule has 2 nitrogen and oxygen atoms in total. The molecule has 31 heavy (non-hydrogen) atoms. The average molecular weight is 418 g/mol. The van der Waals surface area contributed by atoms with Gasteiger partial charge in [0, 0.05) is 59.8 Å². The van der Waals surface area contributed by atoms with Crippen LogP contribution < -0.4 is 0 Å². The van der Waals surface area contributed by atoms with Gasteiger partial charge in [-0.25, -0.2) is 4.39 Å². The summed E-state index contributed by atoms with van der Waals surface area (Å²) in [5, 5.41) is 6.29. The van der Waals surface area contributed by atoms with Crippen molar-refractivity contribution in [3.05, 3.63) is 91.0 Å². The van der Waals surface area contributed by atoms with E-state index in [1.54, 1.807) is 17.4 Å². The van der Waals surface area contributed by atoms with Crippen LogP contribution in [0.25, 0.3) is 63.9 Å². The molecule has 7 rings (SSSR count). The lowest BCUT2D eigenvalue weighted by atomic mass is 9.98. The number of hydrogen-bond donors (Lipinski definition) is 1. The first-order chi connectivity index (χ1) is 15.3. The molecule has 0 unspecified atom stereocenters. The Hall–Kier alpha value is -3.76. The summed E-state index contributed by atoms with van der Waals surface area (Å²) in [6.07, 6.45) is 3.74. The highest BCUT2D eigenvalue weighted by Crippen LogP contribution is 2.41. The van der Waals surface area contributed by atoms with Gasteiger partial charge in [-0.2, -0.15) is 0 Å². The third-order valence-corrected chi connectivity index (χ3v) is 7.29. The smallest absolute Gasteiger partial charge is 0.133 e. The molecule has 0 atom stereocenters. The number of aromatic amines is 1. The van der Waals surface area contributed by atoms with Crippen LogP contribution in [0.2, 0.25) is 0 Å². The molecule has 1 N–H and O–H groups in total. The van der Waals surface area contributed by atoms with Crippen LogP contribution in [-0.2, 0) is 0 Å². The summed E-state index contributed by atoms with van der Waals surface area (Å²) < 4.78 is 17.0. The van der Waals surface area contributed by atoms with Crippen LogP contribution in [0.4, 0.5) is 4.39 Å². The van der Waals surface area contributed by atoms with Gasteiger partial charge in [0.25, 0.3) is 0 Å². The highest BCUT2D eigenvalue weighted by Gasteiger charge is 2.14. The van der Waals surface area contributed by atoms with Crippen LogP contribution in [0, 0.1) is 5.82 Å². The van der Waals surface area contributed by atoms with Crippen LogP contribution >= 0.6 is 11.3 Å². The Labute approximate surface area is 180 Å². The van der Waals surface area contributed by atoms with E-state index in [1.165, 1.54) is 42.8 Å². The van der Waals surface area contributed by atoms with Crippen LogP contribution in [0.15, 0.2) is 85.2 Å². The van der Waals surface area contributed by atoms with E-state index in [2.05, 4.69) is 64.6 Å². The zero-order valence-corrected chi connectivity index (χ0v) is 17.1. The summed E-state index contributed by atoms with van der Waals surface area (Å²) in [4.78, 5) is 7.63. The van der Waals surface area contributed by atoms with E-state index >= 15 is 0 Å². The van der Waals surface area contributed by atoms with Gasteiger partial charge in [-0.1, -0.05) is 30.3 Å². The van der Waals surface area contributed by atoms with Crippen molar-refractivity contribution in [2.75, 3.05) is 0 Å². The number of hydrogen-bond acceptors (Lipinski definition) is 2. The number of nitrogens with zero attached hydrogens (tertiary/aromatic N) is 1. The number of pyridine rings is 1. The molecular formula is C27H15FN2S. The van der Waals surface area contributed by atoms with E-state index < -0.39 is 0 Å². The third-order valence-electron chi connectivity index (χ3n) is 6.15. The first kappa shape index (κ1) is 17.0. The third kappa shape index (κ3) is 2.39. The molecule has 0 saturated carbocycles. The van der Waals surface area contributed by atoms with Crippen molar-refractivity contribution in [3.8, 4) is 11.1 Å². The van der Waals surface area contributed by atoms with Crippen molar-refractivity contribution >= 4 is 64.1 Å². The highest BCUT2D eigenvalue weighted by molar-refractivity contribution is 7.25. The number of aromatic nitrogens is 2. The van der Waals surface area contributed by atoms with Crippen LogP contribution in [0.3, 0.4) is 0 Å². The largest absolute Gasteiger partial charge is 0.354 e. The van der Waals surface area contributed by atoms with Gasteiger partial charge in [-0.05, 0) is 59.0 Å². The Morgan fingerprint density at radius 2 is 1.65 bits per heavy atom. The average Bonchev–Trinajstić information content (AvgIpc) is 3.34. The number of thiophene rings is 1. The molecule has 4 heteroatoms. The summed E-state index contributed by atoms with van der Waals surface area (Å²) in [5.74, 6) is -0.187. The zero-order valence-electron chi connectivity index (χ0n) is 16.3. The van der Waals surface area contributed by atoms with Gasteiger partial charge in [0.1, 0.15) is 5.82 Å². The summed E-state index contributed by atoms with van der Waals surface area (Å²) in [7, 11) is 0. The maximum Gasteiger partial charge on any atom is 0.133 e. The number of benzene rings is 4. The molecule has 146 valence electrons. The Morgan fingerprint density at radius 1 is 0.742 bits per heavy atom. The molecule has 0 spiro atoms. The Bertz CT molecular complexity index is 1800. The van der Waals surface area contributed by atoms with Crippen molar-refractivity contribution in [2.24, 2.45) is 0 Å². The van der Waals surface area contributed by atoms with Crippen LogP contribution in [-0.4, -0.2) is 9.97 Å². The fourth-order valence-electron chi connectivity index (χ4n) is 4.72. The molecule has 0 radical (unpaired) electrons. The fourth-order valence-corrected chi connectivity index (χ4v) is 5.83. The number of fused-ring (bicyclic) bond motifs is 7. The molecule has 0 bridgehead atoms. The van der Waals surface area contributed by atoms with Gasteiger partial charge in [0.15, 0.2) is 0 Å². The van der Waals surface area contributed by atoms with Gasteiger partial charge in [0.2, 0.25) is 0 Å². The van der Waals surface area contributed by atoms with Gasteiger partial charge in [0.05, 0.1) is 0 Å². The highest BCUT2D eigenvalue weighted by atomic mass is 32.1. The minimum Gasteiger partial charge on any atom is -0.354 e. The maximum absolute atomic E-state index is 14.6. The molecule has 0 fully saturated rings.